The van der Waals surface area contributed by atoms with E-state index in [-0.39, 0.29) is 40.5 Å². The van der Waals surface area contributed by atoms with Crippen LogP contribution in [0.2, 0.25) is 0 Å². The van der Waals surface area contributed by atoms with Gasteiger partial charge in [0, 0.05) is 36.8 Å². The number of amides is 1. The number of sulfonamides is 1. The van der Waals surface area contributed by atoms with Crippen molar-refractivity contribution in [2.45, 2.75) is 43.2 Å². The summed E-state index contributed by atoms with van der Waals surface area (Å²) in [7, 11) is -2.34. The fourth-order valence-electron chi connectivity index (χ4n) is 3.81. The summed E-state index contributed by atoms with van der Waals surface area (Å²) in [5, 5.41) is 0. The molecule has 0 aromatic heterocycles. The van der Waals surface area contributed by atoms with Crippen molar-refractivity contribution >= 4 is 15.9 Å². The van der Waals surface area contributed by atoms with Crippen LogP contribution in [0.25, 0.3) is 0 Å². The van der Waals surface area contributed by atoms with Crippen LogP contribution < -0.4 is 4.74 Å². The molecule has 0 spiro atoms. The minimum absolute atomic E-state index is 0.000566. The Kier molecular flexibility index (Phi) is 5.79. The summed E-state index contributed by atoms with van der Waals surface area (Å²) >= 11 is 0. The number of carbonyl (C=O) groups excluding carboxylic acids is 1. The number of hydrogen-bond acceptors (Lipinski definition) is 4. The second kappa shape index (κ2) is 8.35. The van der Waals surface area contributed by atoms with Crippen molar-refractivity contribution in [2.24, 2.45) is 0 Å². The molecule has 1 aliphatic carbocycles. The highest BCUT2D eigenvalue weighted by atomic mass is 32.2. The summed E-state index contributed by atoms with van der Waals surface area (Å²) in [6.45, 7) is 1.08. The third-order valence-corrected chi connectivity index (χ3v) is 7.56. The summed E-state index contributed by atoms with van der Waals surface area (Å²) in [4.78, 5) is 14.9. The summed E-state index contributed by atoms with van der Waals surface area (Å²) in [6, 6.07) is 10.9. The highest BCUT2D eigenvalue weighted by Gasteiger charge is 2.35. The van der Waals surface area contributed by atoms with Gasteiger partial charge in [0.2, 0.25) is 10.0 Å². The molecule has 2 aliphatic rings. The molecule has 2 aromatic rings. The quantitative estimate of drug-likeness (QED) is 0.672. The van der Waals surface area contributed by atoms with Crippen molar-refractivity contribution in [1.29, 1.82) is 0 Å². The Morgan fingerprint density at radius 2 is 1.87 bits per heavy atom. The lowest BCUT2D eigenvalue weighted by Gasteiger charge is -2.24. The van der Waals surface area contributed by atoms with E-state index in [1.165, 1.54) is 29.6 Å². The van der Waals surface area contributed by atoms with Gasteiger partial charge in [-0.2, -0.15) is 4.31 Å². The van der Waals surface area contributed by atoms with Gasteiger partial charge in [-0.15, -0.1) is 0 Å². The Morgan fingerprint density at radius 1 is 1.17 bits per heavy atom. The molecular formula is C22H25FN2O4S. The van der Waals surface area contributed by atoms with E-state index in [2.05, 4.69) is 0 Å². The monoisotopic (exact) mass is 432 g/mol. The first-order valence-electron chi connectivity index (χ1n) is 10.1. The molecule has 2 aromatic carbocycles. The number of benzene rings is 2. The van der Waals surface area contributed by atoms with Gasteiger partial charge in [-0.05, 0) is 49.9 Å². The van der Waals surface area contributed by atoms with E-state index in [1.807, 2.05) is 0 Å². The molecular weight excluding hydrogens is 407 g/mol. The number of hydrogen-bond donors (Lipinski definition) is 0. The van der Waals surface area contributed by atoms with E-state index < -0.39 is 10.0 Å². The number of halogens is 1. The van der Waals surface area contributed by atoms with Gasteiger partial charge in [-0.3, -0.25) is 4.79 Å². The molecule has 0 unspecified atom stereocenters. The van der Waals surface area contributed by atoms with Crippen LogP contribution in [0.4, 0.5) is 4.39 Å². The van der Waals surface area contributed by atoms with Crippen LogP contribution in [-0.2, 0) is 16.6 Å². The van der Waals surface area contributed by atoms with E-state index in [1.54, 1.807) is 29.2 Å². The van der Waals surface area contributed by atoms with Gasteiger partial charge in [-0.1, -0.05) is 18.2 Å². The molecule has 30 heavy (non-hydrogen) atoms. The first kappa shape index (κ1) is 20.8. The van der Waals surface area contributed by atoms with Crippen molar-refractivity contribution in [3.8, 4) is 5.75 Å². The zero-order valence-corrected chi connectivity index (χ0v) is 17.7. The zero-order chi connectivity index (χ0) is 21.3. The predicted molar refractivity (Wildman–Crippen MR) is 110 cm³/mol. The number of methoxy groups -OCH3 is 1. The molecule has 1 aliphatic heterocycles. The predicted octanol–water partition coefficient (Wildman–Crippen LogP) is 3.42. The second-order valence-corrected chi connectivity index (χ2v) is 9.64. The number of rotatable bonds is 7. The molecule has 0 atom stereocenters. The fraction of sp³-hybridized carbons (Fsp3) is 0.409. The van der Waals surface area contributed by atoms with Gasteiger partial charge in [-0.25, -0.2) is 12.8 Å². The highest BCUT2D eigenvalue weighted by molar-refractivity contribution is 7.89. The molecule has 6 nitrogen and oxygen atoms in total. The third kappa shape index (κ3) is 4.06. The maximum atomic E-state index is 14.2. The highest BCUT2D eigenvalue weighted by Crippen LogP contribution is 2.33. The van der Waals surface area contributed by atoms with E-state index >= 15 is 0 Å². The Morgan fingerprint density at radius 3 is 2.50 bits per heavy atom. The van der Waals surface area contributed by atoms with Crippen LogP contribution >= 0.6 is 0 Å². The lowest BCUT2D eigenvalue weighted by Crippen LogP contribution is -2.33. The number of carbonyl (C=O) groups is 1. The lowest BCUT2D eigenvalue weighted by molar-refractivity contribution is 0.0728. The largest absolute Gasteiger partial charge is 0.495 e. The van der Waals surface area contributed by atoms with Crippen molar-refractivity contribution < 1.29 is 22.3 Å². The Balaban J connectivity index is 1.67. The van der Waals surface area contributed by atoms with Crippen LogP contribution in [0, 0.1) is 5.82 Å². The van der Waals surface area contributed by atoms with Gasteiger partial charge in [0.05, 0.1) is 7.11 Å². The molecule has 1 saturated carbocycles. The van der Waals surface area contributed by atoms with Gasteiger partial charge in [0.25, 0.3) is 5.91 Å². The first-order chi connectivity index (χ1) is 14.4. The molecule has 1 heterocycles. The Bertz CT molecular complexity index is 1050. The van der Waals surface area contributed by atoms with Crippen LogP contribution in [-0.4, -0.2) is 49.8 Å². The second-order valence-electron chi connectivity index (χ2n) is 7.73. The topological polar surface area (TPSA) is 66.9 Å². The minimum Gasteiger partial charge on any atom is -0.495 e. The van der Waals surface area contributed by atoms with Crippen LogP contribution in [0.5, 0.6) is 5.75 Å². The van der Waals surface area contributed by atoms with E-state index in [9.17, 15) is 17.6 Å². The lowest BCUT2D eigenvalue weighted by atomic mass is 10.1. The molecule has 160 valence electrons. The smallest absolute Gasteiger partial charge is 0.254 e. The van der Waals surface area contributed by atoms with Gasteiger partial charge in [0.1, 0.15) is 16.5 Å². The van der Waals surface area contributed by atoms with Crippen LogP contribution in [0.15, 0.2) is 47.4 Å². The molecule has 4 rings (SSSR count). The van der Waals surface area contributed by atoms with Gasteiger partial charge in [0.15, 0.2) is 0 Å². The summed E-state index contributed by atoms with van der Waals surface area (Å²) in [5.74, 6) is -0.449. The number of ether oxygens (including phenoxy) is 1. The van der Waals surface area contributed by atoms with Crippen molar-refractivity contribution in [2.75, 3.05) is 20.2 Å². The summed E-state index contributed by atoms with van der Waals surface area (Å²) in [6.07, 6.45) is 3.35. The van der Waals surface area contributed by atoms with E-state index in [0.29, 0.717) is 18.7 Å². The zero-order valence-electron chi connectivity index (χ0n) is 16.9. The Hall–Kier alpha value is -2.45. The molecule has 1 amide bonds. The average molecular weight is 433 g/mol. The molecule has 0 radical (unpaired) electrons. The molecule has 8 heteroatoms. The van der Waals surface area contributed by atoms with Crippen LogP contribution in [0.1, 0.15) is 41.6 Å². The standard InChI is InChI=1S/C22H25FN2O4S/c1-29-20-11-8-16(14-21(20)30(27,28)24-12-4-5-13-24)22(26)25(18-9-10-18)15-17-6-2-3-7-19(17)23/h2-3,6-8,11,14,18H,4-5,9-10,12-13,15H2,1H3. The van der Waals surface area contributed by atoms with Crippen molar-refractivity contribution in [3.05, 3.63) is 59.4 Å². The maximum absolute atomic E-state index is 14.2. The summed E-state index contributed by atoms with van der Waals surface area (Å²) < 4.78 is 47.1. The maximum Gasteiger partial charge on any atom is 0.254 e. The van der Waals surface area contributed by atoms with E-state index in [4.69, 9.17) is 4.74 Å². The molecule has 1 saturated heterocycles. The first-order valence-corrected chi connectivity index (χ1v) is 11.6. The van der Waals surface area contributed by atoms with Crippen molar-refractivity contribution in [1.82, 2.24) is 9.21 Å². The average Bonchev–Trinajstić information content (AvgIpc) is 3.43. The molecule has 0 bridgehead atoms. The van der Waals surface area contributed by atoms with Crippen molar-refractivity contribution in [3.63, 3.8) is 0 Å². The molecule has 2 fully saturated rings. The van der Waals surface area contributed by atoms with Crippen LogP contribution in [0.3, 0.4) is 0 Å². The molecule has 0 N–H and O–H groups in total. The Labute approximate surface area is 176 Å². The third-order valence-electron chi connectivity index (χ3n) is 5.64. The minimum atomic E-state index is -3.76. The number of nitrogens with zero attached hydrogens (tertiary/aromatic N) is 2. The SMILES string of the molecule is COc1ccc(C(=O)N(Cc2ccccc2F)C2CC2)cc1S(=O)(=O)N1CCCC1. The van der Waals surface area contributed by atoms with Gasteiger partial charge >= 0.3 is 0 Å². The summed E-state index contributed by atoms with van der Waals surface area (Å²) in [5.41, 5.74) is 0.702. The normalized spacial score (nSPS) is 17.1. The van der Waals surface area contributed by atoms with E-state index in [0.717, 1.165) is 25.7 Å². The van der Waals surface area contributed by atoms with Gasteiger partial charge < -0.3 is 9.64 Å². The fourth-order valence-corrected chi connectivity index (χ4v) is 5.51.